The van der Waals surface area contributed by atoms with Crippen molar-refractivity contribution in [3.05, 3.63) is 57.3 Å². The van der Waals surface area contributed by atoms with Crippen molar-refractivity contribution >= 4 is 11.3 Å². The smallest absolute Gasteiger partial charge is 0.257 e. The van der Waals surface area contributed by atoms with Gasteiger partial charge in [0.05, 0.1) is 11.4 Å². The lowest BCUT2D eigenvalue weighted by Gasteiger charge is -2.16. The number of benzene rings is 1. The summed E-state index contributed by atoms with van der Waals surface area (Å²) in [4.78, 5) is 4.64. The Morgan fingerprint density at radius 1 is 1.04 bits per heavy atom. The number of thiophene rings is 1. The van der Waals surface area contributed by atoms with Gasteiger partial charge in [-0.25, -0.2) is 0 Å². The van der Waals surface area contributed by atoms with Crippen molar-refractivity contribution in [1.29, 1.82) is 0 Å². The molecular weight excluding hydrogens is 330 g/mol. The lowest BCUT2D eigenvalue weighted by atomic mass is 10.1. The highest BCUT2D eigenvalue weighted by molar-refractivity contribution is 7.15. The van der Waals surface area contributed by atoms with Gasteiger partial charge >= 0.3 is 0 Å². The van der Waals surface area contributed by atoms with Crippen LogP contribution in [0, 0.1) is 20.8 Å². The lowest BCUT2D eigenvalue weighted by molar-refractivity contribution is 0.282. The zero-order valence-electron chi connectivity index (χ0n) is 15.6. The van der Waals surface area contributed by atoms with Crippen LogP contribution in [0.15, 0.2) is 28.7 Å². The third-order valence-corrected chi connectivity index (χ3v) is 5.73. The van der Waals surface area contributed by atoms with E-state index in [0.29, 0.717) is 18.3 Å². The molecule has 0 aliphatic heterocycles. The molecule has 3 rings (SSSR count). The minimum Gasteiger partial charge on any atom is -0.419 e. The SMILES string of the molecule is CCc1sc(-c2nnc(CN(C)Cc3ccc(C)cc3C)o2)cc1C. The molecule has 5 heteroatoms. The molecule has 0 amide bonds. The van der Waals surface area contributed by atoms with Crippen molar-refractivity contribution in [3.63, 3.8) is 0 Å². The van der Waals surface area contributed by atoms with E-state index in [2.05, 4.69) is 74.1 Å². The van der Waals surface area contributed by atoms with E-state index in [0.717, 1.165) is 17.8 Å². The summed E-state index contributed by atoms with van der Waals surface area (Å²) in [5, 5.41) is 8.46. The van der Waals surface area contributed by atoms with Crippen LogP contribution >= 0.6 is 11.3 Å². The van der Waals surface area contributed by atoms with Crippen molar-refractivity contribution in [3.8, 4) is 10.8 Å². The van der Waals surface area contributed by atoms with Gasteiger partial charge in [0, 0.05) is 11.4 Å². The van der Waals surface area contributed by atoms with E-state index < -0.39 is 0 Å². The van der Waals surface area contributed by atoms with Crippen molar-refractivity contribution in [2.75, 3.05) is 7.05 Å². The summed E-state index contributed by atoms with van der Waals surface area (Å²) in [6.45, 7) is 10.1. The second-order valence-corrected chi connectivity index (χ2v) is 7.81. The van der Waals surface area contributed by atoms with Gasteiger partial charge in [0.15, 0.2) is 0 Å². The first kappa shape index (κ1) is 17.8. The molecule has 0 unspecified atom stereocenters. The Bertz CT molecular complexity index is 866. The Morgan fingerprint density at radius 3 is 2.52 bits per heavy atom. The van der Waals surface area contributed by atoms with E-state index in [1.54, 1.807) is 11.3 Å². The summed E-state index contributed by atoms with van der Waals surface area (Å²) in [6, 6.07) is 8.71. The topological polar surface area (TPSA) is 42.2 Å². The molecule has 2 aromatic heterocycles. The quantitative estimate of drug-likeness (QED) is 0.629. The van der Waals surface area contributed by atoms with E-state index >= 15 is 0 Å². The number of hydrogen-bond donors (Lipinski definition) is 0. The van der Waals surface area contributed by atoms with Gasteiger partial charge in [0.25, 0.3) is 5.89 Å². The largest absolute Gasteiger partial charge is 0.419 e. The van der Waals surface area contributed by atoms with Crippen LogP contribution in [0.25, 0.3) is 10.8 Å². The molecule has 0 radical (unpaired) electrons. The van der Waals surface area contributed by atoms with Gasteiger partial charge in [-0.15, -0.1) is 21.5 Å². The number of hydrogen-bond acceptors (Lipinski definition) is 5. The molecule has 0 aliphatic carbocycles. The standard InChI is InChI=1S/C20H25N3OS/c1-6-17-15(4)10-18(25-17)20-22-21-19(24-20)12-23(5)11-16-8-7-13(2)9-14(16)3/h7-10H,6,11-12H2,1-5H3. The molecule has 0 bridgehead atoms. The van der Waals surface area contributed by atoms with Crippen molar-refractivity contribution in [2.45, 2.75) is 47.2 Å². The molecule has 0 spiro atoms. The Labute approximate surface area is 153 Å². The maximum atomic E-state index is 5.89. The third-order valence-electron chi connectivity index (χ3n) is 4.36. The molecule has 0 N–H and O–H groups in total. The van der Waals surface area contributed by atoms with Crippen LogP contribution in [-0.2, 0) is 19.5 Å². The Morgan fingerprint density at radius 2 is 1.84 bits per heavy atom. The molecular formula is C20H25N3OS. The van der Waals surface area contributed by atoms with E-state index in [1.165, 1.54) is 27.1 Å². The van der Waals surface area contributed by atoms with Crippen LogP contribution in [-0.4, -0.2) is 22.1 Å². The van der Waals surface area contributed by atoms with Gasteiger partial charge in [0.2, 0.25) is 5.89 Å². The molecule has 0 aliphatic rings. The van der Waals surface area contributed by atoms with Crippen LogP contribution < -0.4 is 0 Å². The molecule has 4 nitrogen and oxygen atoms in total. The van der Waals surface area contributed by atoms with Gasteiger partial charge < -0.3 is 4.42 Å². The molecule has 132 valence electrons. The summed E-state index contributed by atoms with van der Waals surface area (Å²) >= 11 is 1.74. The fourth-order valence-corrected chi connectivity index (χ4v) is 4.03. The van der Waals surface area contributed by atoms with E-state index in [-0.39, 0.29) is 0 Å². The molecule has 0 fully saturated rings. The van der Waals surface area contributed by atoms with Crippen molar-refractivity contribution in [1.82, 2.24) is 15.1 Å². The molecule has 0 saturated heterocycles. The molecule has 0 atom stereocenters. The van der Waals surface area contributed by atoms with E-state index in [1.807, 2.05) is 0 Å². The zero-order chi connectivity index (χ0) is 18.0. The van der Waals surface area contributed by atoms with E-state index in [9.17, 15) is 0 Å². The number of rotatable bonds is 6. The first-order valence-electron chi connectivity index (χ1n) is 8.63. The fraction of sp³-hybridized carbons (Fsp3) is 0.400. The minimum atomic E-state index is 0.628. The van der Waals surface area contributed by atoms with Crippen LogP contribution in [0.4, 0.5) is 0 Å². The highest BCUT2D eigenvalue weighted by atomic mass is 32.1. The number of nitrogens with zero attached hydrogens (tertiary/aromatic N) is 3. The molecule has 2 heterocycles. The first-order chi connectivity index (χ1) is 12.0. The first-order valence-corrected chi connectivity index (χ1v) is 9.44. The zero-order valence-corrected chi connectivity index (χ0v) is 16.4. The predicted octanol–water partition coefficient (Wildman–Crippen LogP) is 4.92. The molecule has 3 aromatic rings. The summed E-state index contributed by atoms with van der Waals surface area (Å²) in [5.74, 6) is 1.29. The molecule has 25 heavy (non-hydrogen) atoms. The van der Waals surface area contributed by atoms with Crippen LogP contribution in [0.3, 0.4) is 0 Å². The Hall–Kier alpha value is -1.98. The monoisotopic (exact) mass is 355 g/mol. The number of aryl methyl sites for hydroxylation is 4. The summed E-state index contributed by atoms with van der Waals surface area (Å²) in [7, 11) is 2.08. The second-order valence-electron chi connectivity index (χ2n) is 6.67. The average molecular weight is 356 g/mol. The summed E-state index contributed by atoms with van der Waals surface area (Å²) in [6.07, 6.45) is 1.04. The third kappa shape index (κ3) is 4.17. The number of aromatic nitrogens is 2. The van der Waals surface area contributed by atoms with Gasteiger partial charge in [-0.05, 0) is 57.0 Å². The van der Waals surface area contributed by atoms with Gasteiger partial charge in [-0.2, -0.15) is 0 Å². The maximum Gasteiger partial charge on any atom is 0.257 e. The maximum absolute atomic E-state index is 5.89. The normalized spacial score (nSPS) is 11.4. The molecule has 0 saturated carbocycles. The highest BCUT2D eigenvalue weighted by Gasteiger charge is 2.14. The molecule has 1 aromatic carbocycles. The Kier molecular flexibility index (Phi) is 5.35. The van der Waals surface area contributed by atoms with Gasteiger partial charge in [-0.3, -0.25) is 4.90 Å². The van der Waals surface area contributed by atoms with Crippen molar-refractivity contribution < 1.29 is 4.42 Å². The summed E-state index contributed by atoms with van der Waals surface area (Å²) in [5.41, 5.74) is 5.24. The van der Waals surface area contributed by atoms with Crippen LogP contribution in [0.1, 0.15) is 39.9 Å². The predicted molar refractivity (Wildman–Crippen MR) is 103 cm³/mol. The summed E-state index contributed by atoms with van der Waals surface area (Å²) < 4.78 is 5.89. The van der Waals surface area contributed by atoms with Gasteiger partial charge in [0.1, 0.15) is 0 Å². The average Bonchev–Trinajstić information content (AvgIpc) is 3.16. The highest BCUT2D eigenvalue weighted by Crippen LogP contribution is 2.30. The fourth-order valence-electron chi connectivity index (χ4n) is 2.99. The minimum absolute atomic E-state index is 0.628. The second kappa shape index (κ2) is 7.50. The van der Waals surface area contributed by atoms with Crippen molar-refractivity contribution in [2.24, 2.45) is 0 Å². The van der Waals surface area contributed by atoms with Gasteiger partial charge in [-0.1, -0.05) is 30.7 Å². The lowest BCUT2D eigenvalue weighted by Crippen LogP contribution is -2.18. The van der Waals surface area contributed by atoms with E-state index in [4.69, 9.17) is 4.42 Å². The van der Waals surface area contributed by atoms with Crippen LogP contribution in [0.5, 0.6) is 0 Å². The van der Waals surface area contributed by atoms with Crippen LogP contribution in [0.2, 0.25) is 0 Å². The Balaban J connectivity index is 1.68.